The summed E-state index contributed by atoms with van der Waals surface area (Å²) in [7, 11) is 0. The third-order valence-electron chi connectivity index (χ3n) is 8.58. The molecule has 1 aliphatic rings. The number of nitrogens with zero attached hydrogens (tertiary/aromatic N) is 1. The van der Waals surface area contributed by atoms with Crippen molar-refractivity contribution >= 4 is 76.9 Å². The van der Waals surface area contributed by atoms with Crippen molar-refractivity contribution in [1.82, 2.24) is 0 Å². The van der Waals surface area contributed by atoms with Gasteiger partial charge in [0.15, 0.2) is 11.6 Å². The number of hydrogen-bond acceptors (Lipinski definition) is 5. The average molecular weight is 626 g/mol. The van der Waals surface area contributed by atoms with E-state index < -0.39 is 0 Å². The summed E-state index contributed by atoms with van der Waals surface area (Å²) in [5, 5.41) is 1.19. The molecule has 3 nitrogen and oxygen atoms in total. The van der Waals surface area contributed by atoms with Crippen LogP contribution in [-0.4, -0.2) is 11.6 Å². The predicted molar refractivity (Wildman–Crippen MR) is 192 cm³/mol. The molecule has 5 heteroatoms. The molecule has 45 heavy (non-hydrogen) atoms. The zero-order valence-corrected chi connectivity index (χ0v) is 28.0. The van der Waals surface area contributed by atoms with Crippen molar-refractivity contribution in [3.63, 3.8) is 0 Å². The quantitative estimate of drug-likeness (QED) is 0.144. The lowest BCUT2D eigenvalue weighted by Crippen LogP contribution is -2.14. The highest BCUT2D eigenvalue weighted by atomic mass is 32.1. The number of rotatable bonds is 4. The molecule has 2 heterocycles. The third-order valence-corrected chi connectivity index (χ3v) is 10.9. The Morgan fingerprint density at radius 3 is 1.60 bits per heavy atom. The number of Topliss-reactive ketones (excluding diaryl/α,β-unsaturated/α-hetero) is 2. The Kier molecular flexibility index (Phi) is 6.95. The van der Waals surface area contributed by atoms with Crippen LogP contribution in [0.3, 0.4) is 0 Å². The summed E-state index contributed by atoms with van der Waals surface area (Å²) in [6.45, 7) is 13.5. The van der Waals surface area contributed by atoms with Gasteiger partial charge in [0.2, 0.25) is 0 Å². The van der Waals surface area contributed by atoms with Gasteiger partial charge in [-0.15, -0.1) is 22.7 Å². The number of ketones is 2. The minimum absolute atomic E-state index is 0.0798. The Bertz CT molecular complexity index is 2050. The molecule has 7 rings (SSSR count). The summed E-state index contributed by atoms with van der Waals surface area (Å²) in [4.78, 5) is 29.2. The van der Waals surface area contributed by atoms with Crippen molar-refractivity contribution in [3.8, 4) is 0 Å². The molecule has 0 unspecified atom stereocenters. The molecule has 2 aromatic heterocycles. The second-order valence-electron chi connectivity index (χ2n) is 13.8. The number of thiophene rings is 2. The van der Waals surface area contributed by atoms with E-state index in [9.17, 15) is 9.59 Å². The van der Waals surface area contributed by atoms with E-state index in [-0.39, 0.29) is 28.0 Å². The van der Waals surface area contributed by atoms with E-state index in [1.165, 1.54) is 25.9 Å². The number of allylic oxidation sites excluding steroid dienone is 1. The molecule has 0 saturated carbocycles. The molecule has 1 aliphatic carbocycles. The number of anilines is 3. The van der Waals surface area contributed by atoms with Gasteiger partial charge in [0.1, 0.15) is 0 Å². The smallest absolute Gasteiger partial charge is 0.197 e. The van der Waals surface area contributed by atoms with Gasteiger partial charge in [0.25, 0.3) is 0 Å². The highest BCUT2D eigenvalue weighted by molar-refractivity contribution is 7.33. The fraction of sp³-hybridized carbons (Fsp3) is 0.200. The SMILES string of the molecule is CC(C)(C)c1ccc(N(c2ccc(C(C)(C)C)cc2)c2ccc3c(c2)sc2cc(C=C4C(=O)c5ccccc5C4=O)sc23)cc1. The zero-order valence-electron chi connectivity index (χ0n) is 26.4. The first-order chi connectivity index (χ1) is 21.4. The molecule has 6 aromatic rings. The molecular formula is C40H35NO2S2. The molecule has 0 N–H and O–H groups in total. The van der Waals surface area contributed by atoms with E-state index in [1.54, 1.807) is 53.0 Å². The lowest BCUT2D eigenvalue weighted by molar-refractivity contribution is 0.0990. The van der Waals surface area contributed by atoms with E-state index in [1.807, 2.05) is 0 Å². The Morgan fingerprint density at radius 2 is 1.09 bits per heavy atom. The van der Waals surface area contributed by atoms with Gasteiger partial charge in [-0.1, -0.05) is 96.1 Å². The maximum absolute atomic E-state index is 13.0. The lowest BCUT2D eigenvalue weighted by Gasteiger charge is -2.28. The highest BCUT2D eigenvalue weighted by Gasteiger charge is 2.32. The van der Waals surface area contributed by atoms with Gasteiger partial charge in [0, 0.05) is 47.9 Å². The minimum atomic E-state index is -0.187. The molecule has 4 aromatic carbocycles. The zero-order chi connectivity index (χ0) is 31.7. The van der Waals surface area contributed by atoms with E-state index in [4.69, 9.17) is 0 Å². The van der Waals surface area contributed by atoms with Crippen molar-refractivity contribution in [2.45, 2.75) is 52.4 Å². The maximum Gasteiger partial charge on any atom is 0.197 e. The van der Waals surface area contributed by atoms with Gasteiger partial charge in [0.05, 0.1) is 10.3 Å². The van der Waals surface area contributed by atoms with Crippen LogP contribution < -0.4 is 4.90 Å². The van der Waals surface area contributed by atoms with Crippen LogP contribution in [-0.2, 0) is 10.8 Å². The summed E-state index contributed by atoms with van der Waals surface area (Å²) >= 11 is 3.38. The van der Waals surface area contributed by atoms with Gasteiger partial charge >= 0.3 is 0 Å². The van der Waals surface area contributed by atoms with Crippen molar-refractivity contribution < 1.29 is 9.59 Å². The maximum atomic E-state index is 13.0. The fourth-order valence-electron chi connectivity index (χ4n) is 5.98. The van der Waals surface area contributed by atoms with Crippen LogP contribution in [0, 0.1) is 0 Å². The van der Waals surface area contributed by atoms with Crippen molar-refractivity contribution in [3.05, 3.63) is 130 Å². The molecule has 0 amide bonds. The number of carbonyl (C=O) groups excluding carboxylic acids is 2. The first-order valence-corrected chi connectivity index (χ1v) is 16.9. The van der Waals surface area contributed by atoms with Crippen molar-refractivity contribution in [2.24, 2.45) is 0 Å². The molecule has 0 saturated heterocycles. The largest absolute Gasteiger partial charge is 0.310 e. The van der Waals surface area contributed by atoms with E-state index >= 15 is 0 Å². The second kappa shape index (κ2) is 10.6. The van der Waals surface area contributed by atoms with Crippen LogP contribution in [0.5, 0.6) is 0 Å². The molecule has 0 aliphatic heterocycles. The normalized spacial score (nSPS) is 13.6. The molecule has 0 atom stereocenters. The lowest BCUT2D eigenvalue weighted by atomic mass is 9.86. The van der Waals surface area contributed by atoms with E-state index in [0.717, 1.165) is 26.6 Å². The van der Waals surface area contributed by atoms with Crippen LogP contribution in [0.15, 0.2) is 103 Å². The summed E-state index contributed by atoms with van der Waals surface area (Å²) in [5.41, 5.74) is 7.35. The van der Waals surface area contributed by atoms with Gasteiger partial charge in [-0.2, -0.15) is 0 Å². The van der Waals surface area contributed by atoms with Gasteiger partial charge in [-0.3, -0.25) is 9.59 Å². The summed E-state index contributed by atoms with van der Waals surface area (Å²) in [6, 6.07) is 33.7. The average Bonchev–Trinajstić information content (AvgIpc) is 3.63. The van der Waals surface area contributed by atoms with Crippen LogP contribution in [0.4, 0.5) is 17.1 Å². The van der Waals surface area contributed by atoms with Gasteiger partial charge < -0.3 is 4.90 Å². The second-order valence-corrected chi connectivity index (χ2v) is 16.0. The van der Waals surface area contributed by atoms with Crippen molar-refractivity contribution in [2.75, 3.05) is 4.90 Å². The molecule has 0 fully saturated rings. The summed E-state index contributed by atoms with van der Waals surface area (Å²) in [5.74, 6) is -0.374. The van der Waals surface area contributed by atoms with Crippen molar-refractivity contribution in [1.29, 1.82) is 0 Å². The monoisotopic (exact) mass is 625 g/mol. The van der Waals surface area contributed by atoms with Crippen LogP contribution in [0.25, 0.3) is 25.6 Å². The summed E-state index contributed by atoms with van der Waals surface area (Å²) < 4.78 is 3.54. The third kappa shape index (κ3) is 5.24. The summed E-state index contributed by atoms with van der Waals surface area (Å²) in [6.07, 6.45) is 1.77. The highest BCUT2D eigenvalue weighted by Crippen LogP contribution is 2.44. The number of hydrogen-bond donors (Lipinski definition) is 0. The first-order valence-electron chi connectivity index (χ1n) is 15.3. The Labute approximate surface area is 272 Å². The van der Waals surface area contributed by atoms with Gasteiger partial charge in [-0.25, -0.2) is 0 Å². The topological polar surface area (TPSA) is 37.4 Å². The number of fused-ring (bicyclic) bond motifs is 4. The Morgan fingerprint density at radius 1 is 0.578 bits per heavy atom. The molecule has 0 bridgehead atoms. The van der Waals surface area contributed by atoms with Crippen LogP contribution >= 0.6 is 22.7 Å². The van der Waals surface area contributed by atoms with E-state index in [0.29, 0.717) is 11.1 Å². The number of carbonyl (C=O) groups is 2. The Balaban J connectivity index is 1.28. The molecule has 0 radical (unpaired) electrons. The molecule has 224 valence electrons. The van der Waals surface area contributed by atoms with E-state index in [2.05, 4.69) is 119 Å². The fourth-order valence-corrected chi connectivity index (χ4v) is 8.49. The molecular weight excluding hydrogens is 591 g/mol. The molecule has 0 spiro atoms. The first kappa shape index (κ1) is 29.4. The van der Waals surface area contributed by atoms with Gasteiger partial charge in [-0.05, 0) is 70.5 Å². The number of benzene rings is 4. The van der Waals surface area contributed by atoms with Crippen LogP contribution in [0.2, 0.25) is 0 Å². The Hall–Kier alpha value is -4.32. The van der Waals surface area contributed by atoms with Crippen LogP contribution in [0.1, 0.15) is 78.3 Å². The minimum Gasteiger partial charge on any atom is -0.310 e. The standard InChI is InChI=1S/C40H35NO2S2/c1-39(2,3)24-11-15-26(16-12-24)41(27-17-13-25(14-18-27)40(4,5)6)28-19-20-32-34(21-28)45-35-23-29(44-38(32)35)22-33-36(42)30-9-7-8-10-31(30)37(33)43/h7-23H,1-6H3. The predicted octanol–water partition coefficient (Wildman–Crippen LogP) is 11.6.